The Morgan fingerprint density at radius 3 is 2.86 bits per heavy atom. The normalized spacial score (nSPS) is 11.7. The molecule has 21 heavy (non-hydrogen) atoms. The highest BCUT2D eigenvalue weighted by molar-refractivity contribution is 6.33. The first kappa shape index (κ1) is 17.1. The fourth-order valence-corrected chi connectivity index (χ4v) is 1.55. The summed E-state index contributed by atoms with van der Waals surface area (Å²) in [5.41, 5.74) is 6.05. The van der Waals surface area contributed by atoms with Crippen LogP contribution in [-0.2, 0) is 9.53 Å². The summed E-state index contributed by atoms with van der Waals surface area (Å²) in [6.45, 7) is -0.846. The fourth-order valence-electron chi connectivity index (χ4n) is 1.39. The number of ether oxygens (including phenoxy) is 1. The number of alkyl halides is 2. The topological polar surface area (TPSA) is 96.9 Å². The molecule has 0 unspecified atom stereocenters. The predicted octanol–water partition coefficient (Wildman–Crippen LogP) is 2.04. The second-order valence-electron chi connectivity index (χ2n) is 3.94. The molecule has 0 aromatic heterocycles. The van der Waals surface area contributed by atoms with Crippen molar-refractivity contribution in [2.24, 2.45) is 10.9 Å². The van der Waals surface area contributed by atoms with E-state index in [2.05, 4.69) is 15.2 Å². The van der Waals surface area contributed by atoms with Gasteiger partial charge in [-0.3, -0.25) is 4.79 Å². The second kappa shape index (κ2) is 8.38. The number of benzene rings is 1. The summed E-state index contributed by atoms with van der Waals surface area (Å²) >= 11 is 5.90. The molecule has 0 aliphatic heterocycles. The van der Waals surface area contributed by atoms with Gasteiger partial charge in [0, 0.05) is 5.56 Å². The number of nitrogens with two attached hydrogens (primary N) is 1. The van der Waals surface area contributed by atoms with Gasteiger partial charge < -0.3 is 21.0 Å². The summed E-state index contributed by atoms with van der Waals surface area (Å²) in [5.74, 6) is -0.592. The quantitative estimate of drug-likeness (QED) is 0.235. The highest BCUT2D eigenvalue weighted by atomic mass is 35.5. The summed E-state index contributed by atoms with van der Waals surface area (Å²) in [6, 6.07) is 4.41. The van der Waals surface area contributed by atoms with E-state index in [1.165, 1.54) is 18.2 Å². The Morgan fingerprint density at radius 2 is 2.24 bits per heavy atom. The minimum absolute atomic E-state index is 0.100. The Bertz CT molecular complexity index is 526. The molecule has 0 atom stereocenters. The van der Waals surface area contributed by atoms with Gasteiger partial charge in [0.25, 0.3) is 6.43 Å². The van der Waals surface area contributed by atoms with Gasteiger partial charge in [0.2, 0.25) is 5.91 Å². The molecule has 0 saturated carbocycles. The van der Waals surface area contributed by atoms with E-state index in [0.717, 1.165) is 0 Å². The largest absolute Gasteiger partial charge is 0.409 e. The summed E-state index contributed by atoms with van der Waals surface area (Å²) in [4.78, 5) is 11.6. The van der Waals surface area contributed by atoms with Gasteiger partial charge in [-0.1, -0.05) is 16.8 Å². The van der Waals surface area contributed by atoms with E-state index in [-0.39, 0.29) is 29.6 Å². The average Bonchev–Trinajstić information content (AvgIpc) is 2.45. The fraction of sp³-hybridized carbons (Fsp3) is 0.333. The van der Waals surface area contributed by atoms with Crippen LogP contribution in [0.2, 0.25) is 5.02 Å². The third-order valence-corrected chi connectivity index (χ3v) is 2.69. The summed E-state index contributed by atoms with van der Waals surface area (Å²) < 4.78 is 28.2. The Balaban J connectivity index is 2.59. The molecule has 0 fully saturated rings. The molecule has 1 aromatic rings. The lowest BCUT2D eigenvalue weighted by Gasteiger charge is -2.09. The van der Waals surface area contributed by atoms with Crippen molar-refractivity contribution in [1.29, 1.82) is 0 Å². The maximum Gasteiger partial charge on any atom is 0.261 e. The average molecular weight is 322 g/mol. The molecule has 0 heterocycles. The summed E-state index contributed by atoms with van der Waals surface area (Å²) in [5, 5.41) is 14.2. The monoisotopic (exact) mass is 321 g/mol. The van der Waals surface area contributed by atoms with E-state index in [0.29, 0.717) is 5.56 Å². The van der Waals surface area contributed by atoms with Crippen molar-refractivity contribution in [3.8, 4) is 0 Å². The van der Waals surface area contributed by atoms with Crippen molar-refractivity contribution in [3.05, 3.63) is 28.8 Å². The number of oxime groups is 1. The number of nitrogens with one attached hydrogen (secondary N) is 1. The number of halogens is 3. The summed E-state index contributed by atoms with van der Waals surface area (Å²) in [7, 11) is 0. The van der Waals surface area contributed by atoms with Gasteiger partial charge in [0.05, 0.1) is 23.7 Å². The molecule has 0 saturated heterocycles. The molecule has 1 amide bonds. The number of amides is 1. The molecular weight excluding hydrogens is 308 g/mol. The zero-order chi connectivity index (χ0) is 15.8. The lowest BCUT2D eigenvalue weighted by atomic mass is 10.2. The van der Waals surface area contributed by atoms with E-state index >= 15 is 0 Å². The second-order valence-corrected chi connectivity index (χ2v) is 4.35. The minimum atomic E-state index is -2.57. The van der Waals surface area contributed by atoms with Gasteiger partial charge >= 0.3 is 0 Å². The zero-order valence-electron chi connectivity index (χ0n) is 10.9. The van der Waals surface area contributed by atoms with Gasteiger partial charge in [-0.15, -0.1) is 0 Å². The Kier molecular flexibility index (Phi) is 6.83. The number of rotatable bonds is 7. The summed E-state index contributed by atoms with van der Waals surface area (Å²) in [6.07, 6.45) is -2.67. The molecule has 9 heteroatoms. The van der Waals surface area contributed by atoms with Crippen LogP contribution in [0.1, 0.15) is 12.0 Å². The predicted molar refractivity (Wildman–Crippen MR) is 74.0 cm³/mol. The zero-order valence-corrected chi connectivity index (χ0v) is 11.6. The van der Waals surface area contributed by atoms with Crippen molar-refractivity contribution in [2.75, 3.05) is 18.5 Å². The standard InChI is InChI=1S/C12H14ClF2N3O3/c13-8-2-1-7(12(16)18-20)5-9(8)17-11(19)3-4-21-6-10(14)15/h1-2,5,10,20H,3-4,6H2,(H2,16,18)(H,17,19). The molecule has 4 N–H and O–H groups in total. The van der Waals surface area contributed by atoms with Gasteiger partial charge in [0.1, 0.15) is 6.61 Å². The van der Waals surface area contributed by atoms with Crippen LogP contribution in [-0.4, -0.2) is 36.6 Å². The molecule has 0 spiro atoms. The van der Waals surface area contributed by atoms with Crippen LogP contribution >= 0.6 is 11.6 Å². The van der Waals surface area contributed by atoms with Crippen LogP contribution in [0.4, 0.5) is 14.5 Å². The lowest BCUT2D eigenvalue weighted by Crippen LogP contribution is -2.17. The van der Waals surface area contributed by atoms with E-state index in [1.54, 1.807) is 0 Å². The molecule has 0 radical (unpaired) electrons. The molecule has 1 aromatic carbocycles. The smallest absolute Gasteiger partial charge is 0.261 e. The van der Waals surface area contributed by atoms with Crippen LogP contribution in [0.3, 0.4) is 0 Å². The van der Waals surface area contributed by atoms with Gasteiger partial charge in [-0.05, 0) is 18.2 Å². The highest BCUT2D eigenvalue weighted by Crippen LogP contribution is 2.23. The number of anilines is 1. The molecule has 116 valence electrons. The number of nitrogens with zero attached hydrogens (tertiary/aromatic N) is 1. The van der Waals surface area contributed by atoms with Crippen LogP contribution < -0.4 is 11.1 Å². The first-order valence-electron chi connectivity index (χ1n) is 5.87. The molecule has 0 bridgehead atoms. The third-order valence-electron chi connectivity index (χ3n) is 2.36. The van der Waals surface area contributed by atoms with Crippen molar-refractivity contribution >= 4 is 29.0 Å². The van der Waals surface area contributed by atoms with E-state index in [1.807, 2.05) is 0 Å². The van der Waals surface area contributed by atoms with E-state index in [9.17, 15) is 13.6 Å². The van der Waals surface area contributed by atoms with Gasteiger partial charge in [-0.2, -0.15) is 0 Å². The van der Waals surface area contributed by atoms with Crippen molar-refractivity contribution in [3.63, 3.8) is 0 Å². The number of carbonyl (C=O) groups excluding carboxylic acids is 1. The minimum Gasteiger partial charge on any atom is -0.409 e. The van der Waals surface area contributed by atoms with Crippen LogP contribution in [0.25, 0.3) is 0 Å². The third kappa shape index (κ3) is 5.92. The first-order chi connectivity index (χ1) is 9.93. The Hall–Kier alpha value is -1.93. The molecule has 0 aliphatic carbocycles. The Labute approximate surface area is 124 Å². The lowest BCUT2D eigenvalue weighted by molar-refractivity contribution is -0.117. The Morgan fingerprint density at radius 1 is 1.52 bits per heavy atom. The molecule has 6 nitrogen and oxygen atoms in total. The number of hydrogen-bond donors (Lipinski definition) is 3. The number of hydrogen-bond acceptors (Lipinski definition) is 4. The van der Waals surface area contributed by atoms with Crippen LogP contribution in [0.5, 0.6) is 0 Å². The first-order valence-corrected chi connectivity index (χ1v) is 6.25. The van der Waals surface area contributed by atoms with Crippen molar-refractivity contribution in [2.45, 2.75) is 12.8 Å². The van der Waals surface area contributed by atoms with Gasteiger partial charge in [0.15, 0.2) is 5.84 Å². The maximum atomic E-state index is 11.8. The van der Waals surface area contributed by atoms with Crippen LogP contribution in [0.15, 0.2) is 23.4 Å². The number of carbonyl (C=O) groups is 1. The van der Waals surface area contributed by atoms with Crippen LogP contribution in [0, 0.1) is 0 Å². The molecule has 0 aliphatic rings. The van der Waals surface area contributed by atoms with E-state index in [4.69, 9.17) is 22.5 Å². The van der Waals surface area contributed by atoms with Crippen molar-refractivity contribution < 1.29 is 23.5 Å². The number of amidine groups is 1. The molecule has 1 rings (SSSR count). The van der Waals surface area contributed by atoms with E-state index < -0.39 is 18.9 Å². The van der Waals surface area contributed by atoms with Crippen molar-refractivity contribution in [1.82, 2.24) is 0 Å². The SMILES string of the molecule is N/C(=N/O)c1ccc(Cl)c(NC(=O)CCOCC(F)F)c1. The van der Waals surface area contributed by atoms with Gasteiger partial charge in [-0.25, -0.2) is 8.78 Å². The molecular formula is C12H14ClF2N3O3. The maximum absolute atomic E-state index is 11.8. The highest BCUT2D eigenvalue weighted by Gasteiger charge is 2.09.